The van der Waals surface area contributed by atoms with Gasteiger partial charge in [0.2, 0.25) is 0 Å². The van der Waals surface area contributed by atoms with Gasteiger partial charge in [0.05, 0.1) is 0 Å². The summed E-state index contributed by atoms with van der Waals surface area (Å²) in [5, 5.41) is 12.3. The van der Waals surface area contributed by atoms with Gasteiger partial charge in [0.1, 0.15) is 5.75 Å². The Balaban J connectivity index is 1.34. The topological polar surface area (TPSA) is 65.0 Å². The van der Waals surface area contributed by atoms with Crippen molar-refractivity contribution in [3.05, 3.63) is 60.2 Å². The summed E-state index contributed by atoms with van der Waals surface area (Å²) < 4.78 is 5.26. The van der Waals surface area contributed by atoms with E-state index >= 15 is 0 Å². The van der Waals surface area contributed by atoms with Crippen LogP contribution in [0.3, 0.4) is 0 Å². The molecule has 0 bridgehead atoms. The predicted octanol–water partition coefficient (Wildman–Crippen LogP) is 3.42. The van der Waals surface area contributed by atoms with Crippen LogP contribution in [0.5, 0.6) is 5.75 Å². The summed E-state index contributed by atoms with van der Waals surface area (Å²) >= 11 is 0. The molecule has 0 atom stereocenters. The fourth-order valence-corrected chi connectivity index (χ4v) is 5.06. The molecule has 0 aromatic heterocycles. The van der Waals surface area contributed by atoms with Gasteiger partial charge >= 0.3 is 5.97 Å². The lowest BCUT2D eigenvalue weighted by Crippen LogP contribution is -2.52. The van der Waals surface area contributed by atoms with E-state index in [4.69, 9.17) is 9.84 Å². The maximum absolute atomic E-state index is 10.7. The Bertz CT molecular complexity index is 829. The van der Waals surface area contributed by atoms with Crippen LogP contribution in [0.15, 0.2) is 54.6 Å². The lowest BCUT2D eigenvalue weighted by atomic mass is 9.96. The Morgan fingerprint density at radius 1 is 0.969 bits per heavy atom. The zero-order valence-electron chi connectivity index (χ0n) is 18.8. The molecule has 2 aliphatic rings. The zero-order valence-corrected chi connectivity index (χ0v) is 18.8. The molecule has 2 saturated heterocycles. The standard InChI is InChI=1S/C26H35N3O3/c30-26(31)20-32-25-8-6-22(7-9-25)28-17-13-24(14-18-28)29(23-10-15-27-16-11-23)19-12-21-4-2-1-3-5-21/h1-9,23-24,27H,10-20H2,(H,30,31). The second-order valence-corrected chi connectivity index (χ2v) is 8.85. The fraction of sp³-hybridized carbons (Fsp3) is 0.500. The molecular weight excluding hydrogens is 402 g/mol. The number of hydrogen-bond donors (Lipinski definition) is 2. The predicted molar refractivity (Wildman–Crippen MR) is 128 cm³/mol. The number of nitrogens with one attached hydrogen (secondary N) is 1. The van der Waals surface area contributed by atoms with Gasteiger partial charge in [0, 0.05) is 37.4 Å². The number of carbonyl (C=O) groups is 1. The van der Waals surface area contributed by atoms with E-state index in [1.807, 2.05) is 24.3 Å². The number of aliphatic carboxylic acids is 1. The van der Waals surface area contributed by atoms with Gasteiger partial charge in [-0.2, -0.15) is 0 Å². The van der Waals surface area contributed by atoms with E-state index < -0.39 is 5.97 Å². The van der Waals surface area contributed by atoms with Crippen LogP contribution in [0.2, 0.25) is 0 Å². The van der Waals surface area contributed by atoms with Crippen LogP contribution in [0, 0.1) is 0 Å². The van der Waals surface area contributed by atoms with Gasteiger partial charge in [0.15, 0.2) is 6.61 Å². The summed E-state index contributed by atoms with van der Waals surface area (Å²) in [6, 6.07) is 20.0. The van der Waals surface area contributed by atoms with Crippen molar-refractivity contribution in [2.75, 3.05) is 44.2 Å². The third-order valence-corrected chi connectivity index (χ3v) is 6.78. The second kappa shape index (κ2) is 11.3. The van der Waals surface area contributed by atoms with Crippen LogP contribution in [-0.2, 0) is 11.2 Å². The molecule has 32 heavy (non-hydrogen) atoms. The third kappa shape index (κ3) is 6.24. The van der Waals surface area contributed by atoms with Crippen molar-refractivity contribution in [1.82, 2.24) is 10.2 Å². The first-order chi connectivity index (χ1) is 15.7. The van der Waals surface area contributed by atoms with Crippen molar-refractivity contribution >= 4 is 11.7 Å². The summed E-state index contributed by atoms with van der Waals surface area (Å²) in [4.78, 5) is 15.9. The summed E-state index contributed by atoms with van der Waals surface area (Å²) in [6.45, 7) is 5.18. The first kappa shape index (κ1) is 22.6. The average Bonchev–Trinajstić information content (AvgIpc) is 2.85. The third-order valence-electron chi connectivity index (χ3n) is 6.78. The summed E-state index contributed by atoms with van der Waals surface area (Å²) in [6.07, 6.45) is 5.95. The van der Waals surface area contributed by atoms with Gasteiger partial charge in [-0.3, -0.25) is 4.90 Å². The van der Waals surface area contributed by atoms with E-state index in [2.05, 4.69) is 45.4 Å². The molecule has 2 heterocycles. The Hall–Kier alpha value is -2.57. The Morgan fingerprint density at radius 3 is 2.28 bits per heavy atom. The highest BCUT2D eigenvalue weighted by Crippen LogP contribution is 2.27. The summed E-state index contributed by atoms with van der Waals surface area (Å²) in [7, 11) is 0. The molecule has 0 saturated carbocycles. The van der Waals surface area contributed by atoms with Gasteiger partial charge in [-0.05, 0) is 75.0 Å². The molecule has 0 spiro atoms. The van der Waals surface area contributed by atoms with Crippen molar-refractivity contribution in [2.45, 2.75) is 44.2 Å². The van der Waals surface area contributed by atoms with Crippen molar-refractivity contribution in [2.24, 2.45) is 0 Å². The highest BCUT2D eigenvalue weighted by Gasteiger charge is 2.30. The molecule has 2 fully saturated rings. The number of carboxylic acids is 1. The van der Waals surface area contributed by atoms with Crippen LogP contribution < -0.4 is 15.0 Å². The molecule has 172 valence electrons. The Labute approximate surface area is 191 Å². The van der Waals surface area contributed by atoms with Crippen molar-refractivity contribution in [1.29, 1.82) is 0 Å². The van der Waals surface area contributed by atoms with Gasteiger partial charge in [0.25, 0.3) is 0 Å². The summed E-state index contributed by atoms with van der Waals surface area (Å²) in [5.41, 5.74) is 2.61. The van der Waals surface area contributed by atoms with E-state index in [0.29, 0.717) is 17.8 Å². The Kier molecular flexibility index (Phi) is 8.02. The number of benzene rings is 2. The normalized spacial score (nSPS) is 18.1. The number of carboxylic acid groups (broad SMARTS) is 1. The molecule has 0 radical (unpaired) electrons. The molecule has 2 N–H and O–H groups in total. The molecule has 0 aliphatic carbocycles. The Morgan fingerprint density at radius 2 is 1.62 bits per heavy atom. The average molecular weight is 438 g/mol. The molecule has 0 unspecified atom stereocenters. The molecule has 6 nitrogen and oxygen atoms in total. The van der Waals surface area contributed by atoms with Gasteiger partial charge < -0.3 is 20.1 Å². The zero-order chi connectivity index (χ0) is 22.2. The molecular formula is C26H35N3O3. The number of rotatable bonds is 9. The monoisotopic (exact) mass is 437 g/mol. The quantitative estimate of drug-likeness (QED) is 0.627. The SMILES string of the molecule is O=C(O)COc1ccc(N2CCC(N(CCc3ccccc3)C3CCNCC3)CC2)cc1. The number of hydrogen-bond acceptors (Lipinski definition) is 5. The maximum Gasteiger partial charge on any atom is 0.341 e. The van der Waals surface area contributed by atoms with E-state index in [-0.39, 0.29) is 6.61 Å². The van der Waals surface area contributed by atoms with Gasteiger partial charge in [-0.25, -0.2) is 4.79 Å². The van der Waals surface area contributed by atoms with Gasteiger partial charge in [-0.1, -0.05) is 30.3 Å². The molecule has 2 aromatic carbocycles. The number of anilines is 1. The van der Waals surface area contributed by atoms with Crippen LogP contribution in [-0.4, -0.2) is 67.4 Å². The van der Waals surface area contributed by atoms with E-state index in [1.165, 1.54) is 36.9 Å². The van der Waals surface area contributed by atoms with Gasteiger partial charge in [-0.15, -0.1) is 0 Å². The maximum atomic E-state index is 10.7. The molecule has 2 aromatic rings. The lowest BCUT2D eigenvalue weighted by Gasteiger charge is -2.44. The first-order valence-electron chi connectivity index (χ1n) is 11.9. The minimum absolute atomic E-state index is 0.305. The fourth-order valence-electron chi connectivity index (χ4n) is 5.06. The highest BCUT2D eigenvalue weighted by molar-refractivity contribution is 5.68. The van der Waals surface area contributed by atoms with E-state index in [1.54, 1.807) is 0 Å². The van der Waals surface area contributed by atoms with Crippen molar-refractivity contribution in [3.63, 3.8) is 0 Å². The van der Waals surface area contributed by atoms with Crippen molar-refractivity contribution < 1.29 is 14.6 Å². The largest absolute Gasteiger partial charge is 0.482 e. The number of ether oxygens (including phenoxy) is 1. The lowest BCUT2D eigenvalue weighted by molar-refractivity contribution is -0.139. The number of piperidine rings is 2. The first-order valence-corrected chi connectivity index (χ1v) is 11.9. The van der Waals surface area contributed by atoms with E-state index in [0.717, 1.165) is 39.1 Å². The smallest absolute Gasteiger partial charge is 0.341 e. The molecule has 6 heteroatoms. The highest BCUT2D eigenvalue weighted by atomic mass is 16.5. The number of nitrogens with zero attached hydrogens (tertiary/aromatic N) is 2. The molecule has 4 rings (SSSR count). The summed E-state index contributed by atoms with van der Waals surface area (Å²) in [5.74, 6) is -0.356. The van der Waals surface area contributed by atoms with Crippen LogP contribution in [0.25, 0.3) is 0 Å². The minimum Gasteiger partial charge on any atom is -0.482 e. The van der Waals surface area contributed by atoms with Crippen LogP contribution in [0.4, 0.5) is 5.69 Å². The molecule has 2 aliphatic heterocycles. The van der Waals surface area contributed by atoms with Crippen LogP contribution in [0.1, 0.15) is 31.2 Å². The second-order valence-electron chi connectivity index (χ2n) is 8.85. The van der Waals surface area contributed by atoms with E-state index in [9.17, 15) is 4.79 Å². The molecule has 0 amide bonds. The van der Waals surface area contributed by atoms with Crippen LogP contribution >= 0.6 is 0 Å². The van der Waals surface area contributed by atoms with Crippen molar-refractivity contribution in [3.8, 4) is 5.75 Å². The minimum atomic E-state index is -0.957.